The summed E-state index contributed by atoms with van der Waals surface area (Å²) >= 11 is 7.05. The van der Waals surface area contributed by atoms with Crippen molar-refractivity contribution in [2.75, 3.05) is 11.1 Å². The van der Waals surface area contributed by atoms with Crippen molar-refractivity contribution in [1.82, 2.24) is 14.8 Å². The van der Waals surface area contributed by atoms with Gasteiger partial charge in [-0.1, -0.05) is 37.2 Å². The zero-order chi connectivity index (χ0) is 21.9. The first kappa shape index (κ1) is 22.2. The Morgan fingerprint density at radius 1 is 1.30 bits per heavy atom. The number of furan rings is 1. The topological polar surface area (TPSA) is 73.0 Å². The molecule has 0 radical (unpaired) electrons. The lowest BCUT2D eigenvalue weighted by molar-refractivity contribution is -0.137. The van der Waals surface area contributed by atoms with Crippen LogP contribution in [0.15, 0.2) is 46.2 Å². The molecule has 0 unspecified atom stereocenters. The average Bonchev–Trinajstić information content (AvgIpc) is 3.30. The number of carbonyl (C=O) groups is 1. The number of aromatic nitrogens is 3. The SMILES string of the molecule is CC(C)Cn1c(SCC(=O)Nc2cc(C(F)(F)F)ccc2Cl)nnc1-c1ccco1. The molecule has 6 nitrogen and oxygen atoms in total. The molecule has 1 aromatic carbocycles. The lowest BCUT2D eigenvalue weighted by Gasteiger charge is -2.13. The van der Waals surface area contributed by atoms with Crippen LogP contribution in [0.25, 0.3) is 11.6 Å². The summed E-state index contributed by atoms with van der Waals surface area (Å²) in [6.45, 7) is 4.66. The number of hydrogen-bond acceptors (Lipinski definition) is 5. The number of anilines is 1. The van der Waals surface area contributed by atoms with E-state index in [9.17, 15) is 18.0 Å². The summed E-state index contributed by atoms with van der Waals surface area (Å²) < 4.78 is 45.9. The van der Waals surface area contributed by atoms with Gasteiger partial charge in [0.05, 0.1) is 28.3 Å². The van der Waals surface area contributed by atoms with Gasteiger partial charge in [0.1, 0.15) is 0 Å². The minimum Gasteiger partial charge on any atom is -0.461 e. The van der Waals surface area contributed by atoms with Crippen molar-refractivity contribution in [3.8, 4) is 11.6 Å². The standard InChI is InChI=1S/C19H18ClF3N4O2S/c1-11(2)9-27-17(15-4-3-7-29-15)25-26-18(27)30-10-16(28)24-14-8-12(19(21,22)23)5-6-13(14)20/h3-8,11H,9-10H2,1-2H3,(H,24,28). The third-order valence-corrected chi connectivity index (χ3v) is 5.20. The van der Waals surface area contributed by atoms with Crippen LogP contribution in [0.4, 0.5) is 18.9 Å². The smallest absolute Gasteiger partial charge is 0.416 e. The summed E-state index contributed by atoms with van der Waals surface area (Å²) in [6.07, 6.45) is -3.00. The third-order valence-electron chi connectivity index (χ3n) is 3.91. The van der Waals surface area contributed by atoms with E-state index >= 15 is 0 Å². The first-order valence-electron chi connectivity index (χ1n) is 8.91. The Hall–Kier alpha value is -2.46. The van der Waals surface area contributed by atoms with Crippen molar-refractivity contribution in [3.63, 3.8) is 0 Å². The zero-order valence-electron chi connectivity index (χ0n) is 16.0. The normalized spacial score (nSPS) is 11.8. The highest BCUT2D eigenvalue weighted by molar-refractivity contribution is 7.99. The molecule has 2 heterocycles. The second kappa shape index (κ2) is 9.13. The summed E-state index contributed by atoms with van der Waals surface area (Å²) in [4.78, 5) is 12.3. The molecule has 11 heteroatoms. The molecule has 1 N–H and O–H groups in total. The summed E-state index contributed by atoms with van der Waals surface area (Å²) in [7, 11) is 0. The maximum atomic E-state index is 12.9. The van der Waals surface area contributed by atoms with Crippen molar-refractivity contribution in [2.45, 2.75) is 31.7 Å². The Bertz CT molecular complexity index is 1020. The van der Waals surface area contributed by atoms with Gasteiger partial charge in [-0.25, -0.2) is 0 Å². The van der Waals surface area contributed by atoms with E-state index in [-0.39, 0.29) is 22.4 Å². The first-order chi connectivity index (χ1) is 14.1. The lowest BCUT2D eigenvalue weighted by atomic mass is 10.2. The van der Waals surface area contributed by atoms with Crippen molar-refractivity contribution < 1.29 is 22.4 Å². The molecule has 0 atom stereocenters. The van der Waals surface area contributed by atoms with Crippen LogP contribution in [0.3, 0.4) is 0 Å². The van der Waals surface area contributed by atoms with Crippen LogP contribution in [-0.2, 0) is 17.5 Å². The molecule has 3 aromatic rings. The molecule has 0 aliphatic rings. The van der Waals surface area contributed by atoms with Crippen molar-refractivity contribution in [1.29, 1.82) is 0 Å². The monoisotopic (exact) mass is 458 g/mol. The molecule has 1 amide bonds. The number of rotatable bonds is 7. The van der Waals surface area contributed by atoms with E-state index in [1.165, 1.54) is 6.26 Å². The van der Waals surface area contributed by atoms with Crippen molar-refractivity contribution >= 4 is 35.0 Å². The number of alkyl halides is 3. The predicted octanol–water partition coefficient (Wildman–Crippen LogP) is 5.60. The van der Waals surface area contributed by atoms with Crippen LogP contribution < -0.4 is 5.32 Å². The molecular formula is C19H18ClF3N4O2S. The second-order valence-corrected chi connectivity index (χ2v) is 8.17. The fourth-order valence-corrected chi connectivity index (χ4v) is 3.54. The van der Waals surface area contributed by atoms with Gasteiger partial charge in [0, 0.05) is 6.54 Å². The van der Waals surface area contributed by atoms with Gasteiger partial charge in [0.2, 0.25) is 5.91 Å². The van der Waals surface area contributed by atoms with Crippen LogP contribution in [0.1, 0.15) is 19.4 Å². The molecule has 3 rings (SSSR count). The van der Waals surface area contributed by atoms with Gasteiger partial charge in [-0.15, -0.1) is 10.2 Å². The molecule has 2 aromatic heterocycles. The second-order valence-electron chi connectivity index (χ2n) is 6.82. The highest BCUT2D eigenvalue weighted by atomic mass is 35.5. The highest BCUT2D eigenvalue weighted by Gasteiger charge is 2.31. The predicted molar refractivity (Wildman–Crippen MR) is 108 cm³/mol. The number of thioether (sulfide) groups is 1. The summed E-state index contributed by atoms with van der Waals surface area (Å²) in [6, 6.07) is 6.26. The first-order valence-corrected chi connectivity index (χ1v) is 10.3. The highest BCUT2D eigenvalue weighted by Crippen LogP contribution is 2.34. The van der Waals surface area contributed by atoms with E-state index in [1.54, 1.807) is 12.1 Å². The van der Waals surface area contributed by atoms with Crippen molar-refractivity contribution in [2.24, 2.45) is 5.92 Å². The number of halogens is 4. The Morgan fingerprint density at radius 3 is 2.70 bits per heavy atom. The van der Waals surface area contributed by atoms with Gasteiger partial charge in [-0.2, -0.15) is 13.2 Å². The average molecular weight is 459 g/mol. The Balaban J connectivity index is 1.72. The third kappa shape index (κ3) is 5.37. The number of nitrogens with one attached hydrogen (secondary N) is 1. The minimum absolute atomic E-state index is 0.0180. The van der Waals surface area contributed by atoms with Gasteiger partial charge in [-0.05, 0) is 36.2 Å². The summed E-state index contributed by atoms with van der Waals surface area (Å²) in [5.41, 5.74) is -0.994. The minimum atomic E-state index is -4.53. The molecule has 160 valence electrons. The maximum Gasteiger partial charge on any atom is 0.416 e. The quantitative estimate of drug-likeness (QED) is 0.467. The van der Waals surface area contributed by atoms with Gasteiger partial charge in [0.15, 0.2) is 16.7 Å². The summed E-state index contributed by atoms with van der Waals surface area (Å²) in [5, 5.41) is 11.2. The fourth-order valence-electron chi connectivity index (χ4n) is 2.63. The molecule has 0 fully saturated rings. The molecule has 0 bridgehead atoms. The molecule has 0 aliphatic carbocycles. The van der Waals surface area contributed by atoms with Crippen LogP contribution in [0, 0.1) is 5.92 Å². The van der Waals surface area contributed by atoms with Crippen molar-refractivity contribution in [3.05, 3.63) is 47.2 Å². The van der Waals surface area contributed by atoms with E-state index < -0.39 is 17.6 Å². The van der Waals surface area contributed by atoms with Gasteiger partial charge >= 0.3 is 6.18 Å². The van der Waals surface area contributed by atoms with E-state index in [0.29, 0.717) is 23.3 Å². The largest absolute Gasteiger partial charge is 0.461 e. The number of hydrogen-bond donors (Lipinski definition) is 1. The van der Waals surface area contributed by atoms with Crippen LogP contribution in [-0.4, -0.2) is 26.4 Å². The lowest BCUT2D eigenvalue weighted by Crippen LogP contribution is -2.16. The number of benzene rings is 1. The summed E-state index contributed by atoms with van der Waals surface area (Å²) in [5.74, 6) is 0.778. The maximum absolute atomic E-state index is 12.9. The molecular weight excluding hydrogens is 441 g/mol. The van der Waals surface area contributed by atoms with Gasteiger partial charge < -0.3 is 9.73 Å². The zero-order valence-corrected chi connectivity index (χ0v) is 17.6. The Labute approximate surface area is 179 Å². The van der Waals surface area contributed by atoms with E-state index in [4.69, 9.17) is 16.0 Å². The molecule has 0 aliphatic heterocycles. The number of amides is 1. The van der Waals surface area contributed by atoms with E-state index in [2.05, 4.69) is 15.5 Å². The number of nitrogens with zero attached hydrogens (tertiary/aromatic N) is 3. The van der Waals surface area contributed by atoms with Crippen LogP contribution in [0.5, 0.6) is 0 Å². The van der Waals surface area contributed by atoms with Gasteiger partial charge in [-0.3, -0.25) is 9.36 Å². The van der Waals surface area contributed by atoms with Crippen LogP contribution in [0.2, 0.25) is 5.02 Å². The van der Waals surface area contributed by atoms with E-state index in [0.717, 1.165) is 30.0 Å². The van der Waals surface area contributed by atoms with E-state index in [1.807, 2.05) is 18.4 Å². The molecule has 0 spiro atoms. The molecule has 0 saturated heterocycles. The molecule has 30 heavy (non-hydrogen) atoms. The Morgan fingerprint density at radius 2 is 2.07 bits per heavy atom. The van der Waals surface area contributed by atoms with Crippen LogP contribution >= 0.6 is 23.4 Å². The molecule has 0 saturated carbocycles. The number of carbonyl (C=O) groups excluding carboxylic acids is 1. The fraction of sp³-hybridized carbons (Fsp3) is 0.316. The van der Waals surface area contributed by atoms with Gasteiger partial charge in [0.25, 0.3) is 0 Å². The Kier molecular flexibility index (Phi) is 6.77.